The van der Waals surface area contributed by atoms with Crippen LogP contribution in [-0.2, 0) is 9.59 Å². The number of aliphatic carboxylic acids is 2. The highest BCUT2D eigenvalue weighted by molar-refractivity contribution is 5.73. The number of carboxylic acids is 2. The van der Waals surface area contributed by atoms with Crippen LogP contribution in [0.3, 0.4) is 0 Å². The highest BCUT2D eigenvalue weighted by atomic mass is 19.4. The van der Waals surface area contributed by atoms with Crippen molar-refractivity contribution in [3.05, 3.63) is 0 Å². The second kappa shape index (κ2) is 14.8. The Hall–Kier alpha value is -1.60. The molecule has 0 bridgehead atoms. The molecule has 0 aromatic heterocycles. The summed E-state index contributed by atoms with van der Waals surface area (Å²) in [6.07, 6.45) is -0.102. The first-order valence-electron chi connectivity index (χ1n) is 12.0. The summed E-state index contributed by atoms with van der Waals surface area (Å²) in [4.78, 5) is 26.0. The number of hydrogen-bond acceptors (Lipinski definition) is 5. The van der Waals surface area contributed by atoms with Crippen LogP contribution in [-0.4, -0.2) is 108 Å². The molecule has 2 N–H and O–H groups in total. The molecule has 0 amide bonds. The standard InChI is InChI=1S/C18H35N3.2C2HF3O2/c1-2-19-10-6-7-17(15-19)16-20-13-8-18(9-14-20)21-11-4-3-5-12-21;2*3-2(4,5)1(6)7/h17-18H,2-16H2,1H3;2*(H,6,7). The minimum Gasteiger partial charge on any atom is -0.475 e. The summed E-state index contributed by atoms with van der Waals surface area (Å²) in [5, 5.41) is 14.2. The molecular formula is C22H37F6N3O4. The molecule has 13 heteroatoms. The summed E-state index contributed by atoms with van der Waals surface area (Å²) in [5.41, 5.74) is 0. The van der Waals surface area contributed by atoms with E-state index in [4.69, 9.17) is 19.8 Å². The summed E-state index contributed by atoms with van der Waals surface area (Å²) < 4.78 is 63.5. The van der Waals surface area contributed by atoms with Gasteiger partial charge in [0.25, 0.3) is 0 Å². The van der Waals surface area contributed by atoms with Gasteiger partial charge in [-0.05, 0) is 83.7 Å². The molecule has 7 nitrogen and oxygen atoms in total. The van der Waals surface area contributed by atoms with E-state index in [1.165, 1.54) is 97.3 Å². The van der Waals surface area contributed by atoms with Gasteiger partial charge in [0.15, 0.2) is 0 Å². The van der Waals surface area contributed by atoms with Gasteiger partial charge in [0.05, 0.1) is 0 Å². The Morgan fingerprint density at radius 1 is 0.743 bits per heavy atom. The van der Waals surface area contributed by atoms with Crippen LogP contribution in [0.15, 0.2) is 0 Å². The third kappa shape index (κ3) is 12.8. The molecule has 0 aromatic carbocycles. The van der Waals surface area contributed by atoms with E-state index in [-0.39, 0.29) is 0 Å². The summed E-state index contributed by atoms with van der Waals surface area (Å²) >= 11 is 0. The molecular weight excluding hydrogens is 484 g/mol. The molecule has 0 saturated carbocycles. The normalized spacial score (nSPS) is 23.5. The molecule has 1 atom stereocenters. The van der Waals surface area contributed by atoms with Crippen LogP contribution in [0.2, 0.25) is 0 Å². The molecule has 3 rings (SSSR count). The lowest BCUT2D eigenvalue weighted by atomic mass is 9.95. The van der Waals surface area contributed by atoms with E-state index >= 15 is 0 Å². The van der Waals surface area contributed by atoms with Crippen LogP contribution in [0.1, 0.15) is 51.9 Å². The van der Waals surface area contributed by atoms with Gasteiger partial charge in [0.2, 0.25) is 0 Å². The lowest BCUT2D eigenvalue weighted by Crippen LogP contribution is -2.48. The first kappa shape index (κ1) is 31.4. The SMILES string of the molecule is CCN1CCCC(CN2CCC(N3CCCCC3)CC2)C1.O=C(O)C(F)(F)F.O=C(O)C(F)(F)F. The molecule has 206 valence electrons. The van der Waals surface area contributed by atoms with Crippen molar-refractivity contribution in [2.45, 2.75) is 70.3 Å². The maximum Gasteiger partial charge on any atom is 0.490 e. The van der Waals surface area contributed by atoms with E-state index in [9.17, 15) is 26.3 Å². The van der Waals surface area contributed by atoms with E-state index in [1.54, 1.807) is 0 Å². The lowest BCUT2D eigenvalue weighted by molar-refractivity contribution is -0.193. The number of likely N-dealkylation sites (tertiary alicyclic amines) is 3. The van der Waals surface area contributed by atoms with Gasteiger partial charge < -0.3 is 24.9 Å². The topological polar surface area (TPSA) is 84.3 Å². The zero-order valence-electron chi connectivity index (χ0n) is 20.1. The number of piperidine rings is 3. The fourth-order valence-electron chi connectivity index (χ4n) is 4.70. The molecule has 0 spiro atoms. The minimum atomic E-state index is -5.08. The molecule has 0 aromatic rings. The van der Waals surface area contributed by atoms with Gasteiger partial charge >= 0.3 is 24.3 Å². The number of halogens is 6. The van der Waals surface area contributed by atoms with Crippen LogP contribution in [0.4, 0.5) is 26.3 Å². The smallest absolute Gasteiger partial charge is 0.475 e. The van der Waals surface area contributed by atoms with Gasteiger partial charge in [-0.2, -0.15) is 26.3 Å². The second-order valence-corrected chi connectivity index (χ2v) is 9.14. The van der Waals surface area contributed by atoms with E-state index in [1.807, 2.05) is 0 Å². The van der Waals surface area contributed by atoms with E-state index in [0.29, 0.717) is 0 Å². The Morgan fingerprint density at radius 2 is 1.23 bits per heavy atom. The van der Waals surface area contributed by atoms with Crippen LogP contribution in [0, 0.1) is 5.92 Å². The number of hydrogen-bond donors (Lipinski definition) is 2. The van der Waals surface area contributed by atoms with E-state index in [0.717, 1.165) is 12.0 Å². The van der Waals surface area contributed by atoms with Gasteiger partial charge in [-0.1, -0.05) is 13.3 Å². The Bertz CT molecular complexity index is 610. The highest BCUT2D eigenvalue weighted by Gasteiger charge is 2.39. The second-order valence-electron chi connectivity index (χ2n) is 9.14. The average Bonchev–Trinajstić information content (AvgIpc) is 2.80. The van der Waals surface area contributed by atoms with Gasteiger partial charge in [-0.25, -0.2) is 9.59 Å². The van der Waals surface area contributed by atoms with Crippen molar-refractivity contribution in [2.24, 2.45) is 5.92 Å². The van der Waals surface area contributed by atoms with E-state index < -0.39 is 24.3 Å². The average molecular weight is 522 g/mol. The van der Waals surface area contributed by atoms with Gasteiger partial charge in [0.1, 0.15) is 0 Å². The Labute approximate surface area is 202 Å². The summed E-state index contributed by atoms with van der Waals surface area (Å²) in [6, 6.07) is 0.903. The van der Waals surface area contributed by atoms with Crippen molar-refractivity contribution in [2.75, 3.05) is 52.4 Å². The van der Waals surface area contributed by atoms with Crippen LogP contribution >= 0.6 is 0 Å². The van der Waals surface area contributed by atoms with Crippen LogP contribution < -0.4 is 0 Å². The maximum atomic E-state index is 10.6. The minimum absolute atomic E-state index is 0.903. The number of nitrogens with zero attached hydrogens (tertiary/aromatic N) is 3. The Kier molecular flexibility index (Phi) is 13.3. The monoisotopic (exact) mass is 521 g/mol. The predicted molar refractivity (Wildman–Crippen MR) is 117 cm³/mol. The zero-order chi connectivity index (χ0) is 26.6. The molecule has 3 heterocycles. The molecule has 0 radical (unpaired) electrons. The zero-order valence-corrected chi connectivity index (χ0v) is 20.1. The fourth-order valence-corrected chi connectivity index (χ4v) is 4.70. The molecule has 3 aliphatic heterocycles. The summed E-state index contributed by atoms with van der Waals surface area (Å²) in [7, 11) is 0. The highest BCUT2D eigenvalue weighted by Crippen LogP contribution is 2.23. The third-order valence-electron chi connectivity index (χ3n) is 6.52. The Morgan fingerprint density at radius 3 is 1.66 bits per heavy atom. The maximum absolute atomic E-state index is 10.6. The van der Waals surface area contributed by atoms with Gasteiger partial charge in [0, 0.05) is 19.1 Å². The first-order valence-corrected chi connectivity index (χ1v) is 12.0. The third-order valence-corrected chi connectivity index (χ3v) is 6.52. The van der Waals surface area contributed by atoms with E-state index in [2.05, 4.69) is 21.6 Å². The molecule has 3 aliphatic rings. The summed E-state index contributed by atoms with van der Waals surface area (Å²) in [6.45, 7) is 13.1. The largest absolute Gasteiger partial charge is 0.490 e. The van der Waals surface area contributed by atoms with Crippen molar-refractivity contribution in [1.29, 1.82) is 0 Å². The lowest BCUT2D eigenvalue weighted by Gasteiger charge is -2.42. The quantitative estimate of drug-likeness (QED) is 0.543. The predicted octanol–water partition coefficient (Wildman–Crippen LogP) is 3.94. The number of carbonyl (C=O) groups is 2. The first-order chi connectivity index (χ1) is 16.2. The van der Waals surface area contributed by atoms with Crippen LogP contribution in [0.5, 0.6) is 0 Å². The molecule has 0 aliphatic carbocycles. The summed E-state index contributed by atoms with van der Waals surface area (Å²) in [5.74, 6) is -4.58. The Balaban J connectivity index is 0.000000362. The number of alkyl halides is 6. The molecule has 35 heavy (non-hydrogen) atoms. The number of rotatable bonds is 4. The van der Waals surface area contributed by atoms with Gasteiger partial charge in [-0.3, -0.25) is 0 Å². The number of carboxylic acid groups (broad SMARTS) is 2. The molecule has 3 saturated heterocycles. The van der Waals surface area contributed by atoms with Crippen molar-refractivity contribution in [1.82, 2.24) is 14.7 Å². The van der Waals surface area contributed by atoms with Crippen molar-refractivity contribution in [3.63, 3.8) is 0 Å². The fraction of sp³-hybridized carbons (Fsp3) is 0.909. The van der Waals surface area contributed by atoms with Crippen LogP contribution in [0.25, 0.3) is 0 Å². The molecule has 3 fully saturated rings. The molecule has 1 unspecified atom stereocenters. The van der Waals surface area contributed by atoms with Crippen molar-refractivity contribution < 1.29 is 46.1 Å². The van der Waals surface area contributed by atoms with Crippen molar-refractivity contribution in [3.8, 4) is 0 Å². The van der Waals surface area contributed by atoms with Crippen molar-refractivity contribution >= 4 is 11.9 Å². The van der Waals surface area contributed by atoms with Gasteiger partial charge in [-0.15, -0.1) is 0 Å².